The lowest BCUT2D eigenvalue weighted by Crippen LogP contribution is -2.38. The van der Waals surface area contributed by atoms with E-state index in [0.29, 0.717) is 84.1 Å². The molecule has 0 bridgehead atoms. The molecule has 64 heavy (non-hydrogen) atoms. The molecule has 0 saturated carbocycles. The minimum atomic E-state index is -0.571. The predicted octanol–water partition coefficient (Wildman–Crippen LogP) is 6.22. The fourth-order valence-corrected chi connectivity index (χ4v) is 7.38. The van der Waals surface area contributed by atoms with E-state index in [2.05, 4.69) is 74.2 Å². The molecule has 2 aliphatic heterocycles. The van der Waals surface area contributed by atoms with Crippen molar-refractivity contribution in [3.8, 4) is 34.3 Å². The summed E-state index contributed by atoms with van der Waals surface area (Å²) < 4.78 is 49.1. The maximum absolute atomic E-state index is 14.2. The average Bonchev–Trinajstić information content (AvgIpc) is 3.29. The van der Waals surface area contributed by atoms with Gasteiger partial charge in [0.05, 0.1) is 75.8 Å². The molecule has 8 rings (SSSR count). The number of nitrogens with zero attached hydrogens (tertiary/aromatic N) is 10. The zero-order chi connectivity index (χ0) is 45.3. The molecule has 18 nitrogen and oxygen atoms in total. The van der Waals surface area contributed by atoms with Gasteiger partial charge in [-0.25, -0.2) is 48.7 Å². The molecule has 0 radical (unpaired) electrons. The molecule has 336 valence electrons. The predicted molar refractivity (Wildman–Crippen MR) is 238 cm³/mol. The Morgan fingerprint density at radius 1 is 0.578 bits per heavy atom. The third-order valence-electron chi connectivity index (χ3n) is 10.8. The van der Waals surface area contributed by atoms with Gasteiger partial charge >= 0.3 is 0 Å². The minimum absolute atomic E-state index is 0.0717. The molecule has 6 aromatic rings. The second kappa shape index (κ2) is 20.6. The molecule has 2 fully saturated rings. The Morgan fingerprint density at radius 3 is 1.31 bits per heavy atom. The van der Waals surface area contributed by atoms with Crippen LogP contribution in [-0.2, 0) is 9.47 Å². The third-order valence-corrected chi connectivity index (χ3v) is 10.8. The first kappa shape index (κ1) is 45.3. The van der Waals surface area contributed by atoms with Crippen molar-refractivity contribution >= 4 is 34.6 Å². The highest BCUT2D eigenvalue weighted by molar-refractivity contribution is 5.79. The number of nitrogens with one attached hydrogen (secondary N) is 2. The third kappa shape index (κ3) is 11.1. The van der Waals surface area contributed by atoms with Crippen LogP contribution in [0.4, 0.5) is 43.4 Å². The Hall–Kier alpha value is -6.74. The summed E-state index contributed by atoms with van der Waals surface area (Å²) in [7, 11) is 2.74. The van der Waals surface area contributed by atoms with Crippen molar-refractivity contribution in [2.45, 2.75) is 39.8 Å². The number of rotatable bonds is 12. The summed E-state index contributed by atoms with van der Waals surface area (Å²) in [6.07, 6.45) is 6.60. The molecule has 2 aliphatic rings. The highest BCUT2D eigenvalue weighted by atomic mass is 19.1. The summed E-state index contributed by atoms with van der Waals surface area (Å²) in [4.78, 5) is 39.4. The number of aryl methyl sites for hydroxylation is 2. The highest BCUT2D eigenvalue weighted by Gasteiger charge is 2.23. The number of anilines is 6. The molecular formula is C44H52F2N14O4. The Bertz CT molecular complexity index is 2350. The van der Waals surface area contributed by atoms with Crippen LogP contribution in [0.3, 0.4) is 0 Å². The van der Waals surface area contributed by atoms with Gasteiger partial charge in [0.25, 0.3) is 0 Å². The number of hydrogen-bond donors (Lipinski definition) is 4. The first-order chi connectivity index (χ1) is 30.9. The molecule has 6 N–H and O–H groups in total. The van der Waals surface area contributed by atoms with Gasteiger partial charge in [-0.15, -0.1) is 0 Å². The van der Waals surface area contributed by atoms with Crippen molar-refractivity contribution < 1.29 is 27.7 Å². The van der Waals surface area contributed by atoms with Crippen molar-refractivity contribution in [3.63, 3.8) is 0 Å². The van der Waals surface area contributed by atoms with E-state index in [4.69, 9.17) is 30.4 Å². The Labute approximate surface area is 369 Å². The number of nitrogens with two attached hydrogens (primary N) is 2. The SMILES string of the molecule is COc1ncc(Nc2ncc(C(C)N3CCOCC3)cc2-c2cc(N)nc(C)n2)cc1F.COc1ncc(Nc2ncc([C@H](C)N3CCOCC3)cc2-c2cc(N)nc(C)n2)cc1F. The van der Waals surface area contributed by atoms with E-state index in [-0.39, 0.29) is 23.8 Å². The molecule has 2 atom stereocenters. The van der Waals surface area contributed by atoms with Gasteiger partial charge in [-0.2, -0.15) is 0 Å². The Kier molecular flexibility index (Phi) is 14.6. The zero-order valence-corrected chi connectivity index (χ0v) is 36.6. The van der Waals surface area contributed by atoms with Crippen LogP contribution in [0.25, 0.3) is 22.5 Å². The van der Waals surface area contributed by atoms with Gasteiger partial charge in [-0.1, -0.05) is 0 Å². The normalized spacial score (nSPS) is 15.4. The van der Waals surface area contributed by atoms with Crippen molar-refractivity contribution in [2.24, 2.45) is 0 Å². The standard InChI is InChI=1S/2C22H26FN7O2/c2*1-13(30-4-6-32-7-5-30)15-8-17(19-10-20(24)28-14(2)27-19)21(25-11-15)29-16-9-18(23)22(31-3)26-12-16/h2*8-13H,4-7H2,1-3H3,(H,25,29)(H2,24,27,28)/t13-;/m0./s1. The molecule has 2 saturated heterocycles. The summed E-state index contributed by atoms with van der Waals surface area (Å²) in [6, 6.07) is 10.4. The molecule has 0 amide bonds. The second-order valence-electron chi connectivity index (χ2n) is 15.1. The molecule has 8 heterocycles. The van der Waals surface area contributed by atoms with Gasteiger partial charge in [0, 0.05) is 86.0 Å². The number of morpholine rings is 2. The fourth-order valence-electron chi connectivity index (χ4n) is 7.38. The lowest BCUT2D eigenvalue weighted by atomic mass is 10.0. The van der Waals surface area contributed by atoms with Crippen LogP contribution in [0, 0.1) is 25.5 Å². The summed E-state index contributed by atoms with van der Waals surface area (Å²) >= 11 is 0. The summed E-state index contributed by atoms with van der Waals surface area (Å²) in [5.41, 5.74) is 17.6. The van der Waals surface area contributed by atoms with Crippen LogP contribution >= 0.6 is 0 Å². The first-order valence-corrected chi connectivity index (χ1v) is 20.7. The van der Waals surface area contributed by atoms with E-state index in [0.717, 1.165) is 48.4 Å². The van der Waals surface area contributed by atoms with Crippen LogP contribution in [0.1, 0.15) is 48.7 Å². The first-order valence-electron chi connectivity index (χ1n) is 20.7. The van der Waals surface area contributed by atoms with Crippen molar-refractivity contribution in [2.75, 3.05) is 88.9 Å². The molecule has 0 aliphatic carbocycles. The number of hydrogen-bond acceptors (Lipinski definition) is 18. The van der Waals surface area contributed by atoms with Crippen LogP contribution in [0.2, 0.25) is 0 Å². The molecule has 6 aromatic heterocycles. The van der Waals surface area contributed by atoms with E-state index < -0.39 is 11.6 Å². The van der Waals surface area contributed by atoms with Gasteiger partial charge in [-0.3, -0.25) is 9.80 Å². The number of pyridine rings is 4. The van der Waals surface area contributed by atoms with Gasteiger partial charge in [0.1, 0.15) is 34.9 Å². The average molecular weight is 879 g/mol. The number of halogens is 2. The fraction of sp³-hybridized carbons (Fsp3) is 0.364. The highest BCUT2D eigenvalue weighted by Crippen LogP contribution is 2.35. The molecule has 1 unspecified atom stereocenters. The topological polar surface area (TPSA) is 223 Å². The van der Waals surface area contributed by atoms with E-state index in [9.17, 15) is 8.78 Å². The number of nitrogen functional groups attached to an aromatic ring is 2. The Morgan fingerprint density at radius 2 is 0.969 bits per heavy atom. The summed E-state index contributed by atoms with van der Waals surface area (Å²) in [6.45, 7) is 14.1. The quantitative estimate of drug-likeness (QED) is 0.107. The zero-order valence-electron chi connectivity index (χ0n) is 36.6. The molecule has 20 heteroatoms. The van der Waals surface area contributed by atoms with Gasteiger partial charge in [-0.05, 0) is 51.0 Å². The van der Waals surface area contributed by atoms with Crippen molar-refractivity contribution in [1.82, 2.24) is 49.7 Å². The molecular weight excluding hydrogens is 827 g/mol. The number of methoxy groups -OCH3 is 2. The van der Waals surface area contributed by atoms with E-state index in [1.165, 1.54) is 38.7 Å². The van der Waals surface area contributed by atoms with Crippen LogP contribution in [0.15, 0.2) is 61.2 Å². The van der Waals surface area contributed by atoms with Crippen molar-refractivity contribution in [1.29, 1.82) is 0 Å². The van der Waals surface area contributed by atoms with E-state index in [1.807, 2.05) is 24.5 Å². The van der Waals surface area contributed by atoms with E-state index >= 15 is 0 Å². The molecule has 0 spiro atoms. The summed E-state index contributed by atoms with van der Waals surface area (Å²) in [5, 5.41) is 6.29. The van der Waals surface area contributed by atoms with Crippen LogP contribution in [0.5, 0.6) is 11.8 Å². The van der Waals surface area contributed by atoms with Gasteiger partial charge < -0.3 is 41.0 Å². The molecule has 0 aromatic carbocycles. The number of aromatic nitrogens is 8. The monoisotopic (exact) mass is 878 g/mol. The Balaban J connectivity index is 0.000000191. The van der Waals surface area contributed by atoms with Gasteiger partial charge in [0.15, 0.2) is 11.6 Å². The van der Waals surface area contributed by atoms with Crippen LogP contribution in [-0.4, -0.2) is 116 Å². The van der Waals surface area contributed by atoms with E-state index in [1.54, 1.807) is 26.0 Å². The maximum atomic E-state index is 14.2. The lowest BCUT2D eigenvalue weighted by Gasteiger charge is -2.32. The van der Waals surface area contributed by atoms with Crippen molar-refractivity contribution in [3.05, 3.63) is 95.6 Å². The van der Waals surface area contributed by atoms with Gasteiger partial charge in [0.2, 0.25) is 11.8 Å². The largest absolute Gasteiger partial charge is 0.479 e. The number of ether oxygens (including phenoxy) is 4. The smallest absolute Gasteiger partial charge is 0.250 e. The van der Waals surface area contributed by atoms with Crippen LogP contribution < -0.4 is 31.6 Å². The maximum Gasteiger partial charge on any atom is 0.250 e. The summed E-state index contributed by atoms with van der Waals surface area (Å²) in [5.74, 6) is 1.56. The second-order valence-corrected chi connectivity index (χ2v) is 15.1. The minimum Gasteiger partial charge on any atom is -0.479 e. The lowest BCUT2D eigenvalue weighted by molar-refractivity contribution is 0.0198.